The van der Waals surface area contributed by atoms with Crippen LogP contribution in [0.15, 0.2) is 39.3 Å². The van der Waals surface area contributed by atoms with Crippen LogP contribution in [0.25, 0.3) is 11.0 Å². The normalized spacial score (nSPS) is 16.6. The fourth-order valence-corrected chi connectivity index (χ4v) is 5.94. The summed E-state index contributed by atoms with van der Waals surface area (Å²) in [6.07, 6.45) is 0. The van der Waals surface area contributed by atoms with Gasteiger partial charge in [0.05, 0.1) is 11.0 Å². The van der Waals surface area contributed by atoms with Gasteiger partial charge in [-0.3, -0.25) is 0 Å². The molecule has 3 heterocycles. The van der Waals surface area contributed by atoms with E-state index in [-0.39, 0.29) is 5.69 Å². The Morgan fingerprint density at radius 1 is 1.00 bits per heavy atom. The van der Waals surface area contributed by atoms with Gasteiger partial charge < -0.3 is 14.9 Å². The highest BCUT2D eigenvalue weighted by atomic mass is 32.2. The van der Waals surface area contributed by atoms with Gasteiger partial charge in [-0.25, -0.2) is 13.2 Å². The summed E-state index contributed by atoms with van der Waals surface area (Å²) in [6, 6.07) is 9.23. The molecule has 1 aromatic carbocycles. The zero-order valence-electron chi connectivity index (χ0n) is 13.7. The van der Waals surface area contributed by atoms with E-state index in [1.54, 1.807) is 10.4 Å². The van der Waals surface area contributed by atoms with Crippen LogP contribution in [-0.2, 0) is 10.0 Å². The monoisotopic (exact) mass is 378 g/mol. The van der Waals surface area contributed by atoms with Gasteiger partial charge >= 0.3 is 5.69 Å². The topological polar surface area (TPSA) is 89.3 Å². The predicted molar refractivity (Wildman–Crippen MR) is 98.9 cm³/mol. The van der Waals surface area contributed by atoms with Gasteiger partial charge in [-0.1, -0.05) is 0 Å². The molecule has 25 heavy (non-hydrogen) atoms. The molecule has 1 fully saturated rings. The van der Waals surface area contributed by atoms with Crippen LogP contribution in [0.3, 0.4) is 0 Å². The summed E-state index contributed by atoms with van der Waals surface area (Å²) in [5.41, 5.74) is 2.27. The van der Waals surface area contributed by atoms with Crippen molar-refractivity contribution in [3.05, 3.63) is 45.7 Å². The van der Waals surface area contributed by atoms with Crippen molar-refractivity contribution in [2.45, 2.75) is 11.1 Å². The first-order valence-electron chi connectivity index (χ1n) is 7.97. The summed E-state index contributed by atoms with van der Waals surface area (Å²) >= 11 is 1.31. The third kappa shape index (κ3) is 2.99. The summed E-state index contributed by atoms with van der Waals surface area (Å²) in [5, 5.41) is 0. The Morgan fingerprint density at radius 2 is 1.72 bits per heavy atom. The molecule has 0 unspecified atom stereocenters. The Hall–Kier alpha value is -2.10. The molecule has 0 aliphatic carbocycles. The average molecular weight is 378 g/mol. The number of nitrogens with one attached hydrogen (secondary N) is 2. The number of aryl methyl sites for hydroxylation is 1. The van der Waals surface area contributed by atoms with Crippen LogP contribution in [0.2, 0.25) is 0 Å². The number of hydrogen-bond acceptors (Lipinski definition) is 5. The smallest absolute Gasteiger partial charge is 0.323 e. The molecule has 0 radical (unpaired) electrons. The van der Waals surface area contributed by atoms with Gasteiger partial charge in [-0.2, -0.15) is 4.31 Å². The maximum Gasteiger partial charge on any atom is 0.323 e. The zero-order valence-corrected chi connectivity index (χ0v) is 15.3. The fourth-order valence-electron chi connectivity index (χ4n) is 3.08. The first-order chi connectivity index (χ1) is 11.9. The highest BCUT2D eigenvalue weighted by Crippen LogP contribution is 2.26. The van der Waals surface area contributed by atoms with Crippen molar-refractivity contribution in [3.63, 3.8) is 0 Å². The minimum absolute atomic E-state index is 0.227. The second-order valence-corrected chi connectivity index (χ2v) is 9.52. The molecule has 0 atom stereocenters. The molecule has 9 heteroatoms. The average Bonchev–Trinajstić information content (AvgIpc) is 3.19. The molecule has 132 valence electrons. The Morgan fingerprint density at radius 3 is 2.40 bits per heavy atom. The number of benzene rings is 1. The quantitative estimate of drug-likeness (QED) is 0.726. The number of rotatable bonds is 3. The second kappa shape index (κ2) is 6.01. The number of nitrogens with zero attached hydrogens (tertiary/aromatic N) is 2. The Bertz CT molecular complexity index is 1070. The molecule has 2 N–H and O–H groups in total. The lowest BCUT2D eigenvalue weighted by Crippen LogP contribution is -2.48. The van der Waals surface area contributed by atoms with Crippen LogP contribution in [0.1, 0.15) is 4.88 Å². The SMILES string of the molecule is Cc1ccc(S(=O)(=O)N2CCN(c3ccc4[nH]c(=O)[nH]c4c3)CC2)s1. The van der Waals surface area contributed by atoms with E-state index in [1.165, 1.54) is 11.3 Å². The molecule has 0 spiro atoms. The third-order valence-corrected chi connectivity index (χ3v) is 7.78. The van der Waals surface area contributed by atoms with E-state index in [0.29, 0.717) is 30.4 Å². The molecular weight excluding hydrogens is 360 g/mol. The predicted octanol–water partition coefficient (Wildman–Crippen LogP) is 1.74. The number of H-pyrrole nitrogens is 2. The summed E-state index contributed by atoms with van der Waals surface area (Å²) in [7, 11) is -3.41. The number of fused-ring (bicyclic) bond motifs is 1. The maximum atomic E-state index is 12.7. The minimum atomic E-state index is -3.41. The highest BCUT2D eigenvalue weighted by Gasteiger charge is 2.29. The number of aromatic nitrogens is 2. The number of imidazole rings is 1. The molecule has 7 nitrogen and oxygen atoms in total. The molecule has 0 bridgehead atoms. The van der Waals surface area contributed by atoms with Gasteiger partial charge in [0.1, 0.15) is 4.21 Å². The van der Waals surface area contributed by atoms with Gasteiger partial charge in [0.15, 0.2) is 0 Å². The lowest BCUT2D eigenvalue weighted by atomic mass is 10.2. The van der Waals surface area contributed by atoms with Crippen LogP contribution in [-0.4, -0.2) is 48.9 Å². The molecule has 0 saturated carbocycles. The summed E-state index contributed by atoms with van der Waals surface area (Å²) in [6.45, 7) is 4.03. The summed E-state index contributed by atoms with van der Waals surface area (Å²) < 4.78 is 27.3. The number of aromatic amines is 2. The van der Waals surface area contributed by atoms with Crippen molar-refractivity contribution in [2.75, 3.05) is 31.1 Å². The molecule has 1 aliphatic rings. The van der Waals surface area contributed by atoms with E-state index in [4.69, 9.17) is 0 Å². The van der Waals surface area contributed by atoms with Crippen molar-refractivity contribution >= 4 is 38.1 Å². The summed E-state index contributed by atoms with van der Waals surface area (Å²) in [4.78, 5) is 20.0. The molecule has 3 aromatic rings. The molecule has 1 aliphatic heterocycles. The van der Waals surface area contributed by atoms with Crippen LogP contribution in [0.5, 0.6) is 0 Å². The van der Waals surface area contributed by atoms with Gasteiger partial charge in [0.25, 0.3) is 10.0 Å². The number of thiophene rings is 1. The Kier molecular flexibility index (Phi) is 3.94. The molecule has 0 amide bonds. The molecule has 1 saturated heterocycles. The summed E-state index contributed by atoms with van der Waals surface area (Å²) in [5.74, 6) is 0. The third-order valence-electron chi connectivity index (χ3n) is 4.41. The molecule has 4 rings (SSSR count). The van der Waals surface area contributed by atoms with Crippen LogP contribution in [0, 0.1) is 6.92 Å². The van der Waals surface area contributed by atoms with E-state index < -0.39 is 10.0 Å². The first kappa shape index (κ1) is 16.4. The Labute approximate surface area is 149 Å². The van der Waals surface area contributed by atoms with Crippen LogP contribution >= 0.6 is 11.3 Å². The van der Waals surface area contributed by atoms with E-state index in [9.17, 15) is 13.2 Å². The van der Waals surface area contributed by atoms with Crippen molar-refractivity contribution in [1.82, 2.24) is 14.3 Å². The number of anilines is 1. The lowest BCUT2D eigenvalue weighted by Gasteiger charge is -2.35. The lowest BCUT2D eigenvalue weighted by molar-refractivity contribution is 0.386. The van der Waals surface area contributed by atoms with Crippen LogP contribution < -0.4 is 10.6 Å². The maximum absolute atomic E-state index is 12.7. The zero-order chi connectivity index (χ0) is 17.6. The van der Waals surface area contributed by atoms with Crippen molar-refractivity contribution in [2.24, 2.45) is 0 Å². The van der Waals surface area contributed by atoms with Gasteiger partial charge in [0.2, 0.25) is 0 Å². The van der Waals surface area contributed by atoms with Gasteiger partial charge in [-0.15, -0.1) is 11.3 Å². The van der Waals surface area contributed by atoms with Crippen molar-refractivity contribution < 1.29 is 8.42 Å². The standard InChI is InChI=1S/C16H18N4O3S2/c1-11-2-5-15(24-11)25(22,23)20-8-6-19(7-9-20)12-3-4-13-14(10-12)18-16(21)17-13/h2-5,10H,6-9H2,1H3,(H2,17,18,21). The van der Waals surface area contributed by atoms with E-state index in [1.807, 2.05) is 31.2 Å². The van der Waals surface area contributed by atoms with Crippen molar-refractivity contribution in [3.8, 4) is 0 Å². The number of hydrogen-bond donors (Lipinski definition) is 2. The largest absolute Gasteiger partial charge is 0.369 e. The molecular formula is C16H18N4O3S2. The fraction of sp³-hybridized carbons (Fsp3) is 0.312. The van der Waals surface area contributed by atoms with Crippen LogP contribution in [0.4, 0.5) is 5.69 Å². The Balaban J connectivity index is 1.51. The molecule has 2 aromatic heterocycles. The van der Waals surface area contributed by atoms with Crippen molar-refractivity contribution in [1.29, 1.82) is 0 Å². The van der Waals surface area contributed by atoms with E-state index in [2.05, 4.69) is 14.9 Å². The van der Waals surface area contributed by atoms with Gasteiger partial charge in [0, 0.05) is 36.7 Å². The first-order valence-corrected chi connectivity index (χ1v) is 10.2. The van der Waals surface area contributed by atoms with Gasteiger partial charge in [-0.05, 0) is 37.3 Å². The van der Waals surface area contributed by atoms with E-state index in [0.717, 1.165) is 21.6 Å². The minimum Gasteiger partial charge on any atom is -0.369 e. The second-order valence-electron chi connectivity index (χ2n) is 6.07. The van der Waals surface area contributed by atoms with E-state index >= 15 is 0 Å². The highest BCUT2D eigenvalue weighted by molar-refractivity contribution is 7.91. The number of sulfonamides is 1. The number of piperazine rings is 1.